The van der Waals surface area contributed by atoms with Gasteiger partial charge in [0.2, 0.25) is 0 Å². The van der Waals surface area contributed by atoms with E-state index in [2.05, 4.69) is 20.6 Å². The van der Waals surface area contributed by atoms with Crippen LogP contribution in [0.5, 0.6) is 0 Å². The van der Waals surface area contributed by atoms with Crippen LogP contribution >= 0.6 is 23.1 Å². The molecule has 2 aromatic heterocycles. The van der Waals surface area contributed by atoms with E-state index in [1.807, 2.05) is 0 Å². The quantitative estimate of drug-likeness (QED) is 0.484. The number of nitrogens with one attached hydrogen (secondary N) is 1. The largest absolute Gasteiger partial charge is 0.308 e. The summed E-state index contributed by atoms with van der Waals surface area (Å²) in [7, 11) is 0. The maximum Gasteiger partial charge on any atom is 0.301 e. The number of nitrogens with zero attached hydrogens (tertiary/aromatic N) is 4. The summed E-state index contributed by atoms with van der Waals surface area (Å²) >= 11 is 2.35. The van der Waals surface area contributed by atoms with Gasteiger partial charge >= 0.3 is 5.69 Å². The molecule has 0 unspecified atom stereocenters. The van der Waals surface area contributed by atoms with Crippen molar-refractivity contribution in [3.05, 3.63) is 27.8 Å². The highest BCUT2D eigenvalue weighted by Crippen LogP contribution is 2.34. The van der Waals surface area contributed by atoms with Gasteiger partial charge in [-0.05, 0) is 17.8 Å². The number of hydrogen-bond donors (Lipinski definition) is 2. The summed E-state index contributed by atoms with van der Waals surface area (Å²) in [5.74, 6) is 5.55. The van der Waals surface area contributed by atoms with E-state index in [0.717, 1.165) is 11.8 Å². The van der Waals surface area contributed by atoms with Crippen molar-refractivity contribution in [1.29, 1.82) is 0 Å². The van der Waals surface area contributed by atoms with Crippen LogP contribution in [0, 0.1) is 10.1 Å². The zero-order valence-electron chi connectivity index (χ0n) is 8.23. The Morgan fingerprint density at radius 1 is 1.53 bits per heavy atom. The molecule has 0 amide bonds. The number of hydrogen-bond acceptors (Lipinski definition) is 9. The summed E-state index contributed by atoms with van der Waals surface area (Å²) in [6, 6.07) is 2.77. The zero-order valence-corrected chi connectivity index (χ0v) is 9.86. The normalized spacial score (nSPS) is 10.2. The molecular formula is C7H6N6O2S2. The van der Waals surface area contributed by atoms with Gasteiger partial charge in [0.15, 0.2) is 9.37 Å². The third kappa shape index (κ3) is 2.67. The maximum absolute atomic E-state index is 10.8. The summed E-state index contributed by atoms with van der Waals surface area (Å²) < 4.78 is 0.578. The molecule has 0 aliphatic carbocycles. The second-order valence-electron chi connectivity index (χ2n) is 2.73. The smallest absolute Gasteiger partial charge is 0.301 e. The molecule has 0 radical (unpaired) electrons. The molecule has 0 atom stereocenters. The van der Waals surface area contributed by atoms with Crippen LogP contribution in [0.4, 0.5) is 11.5 Å². The van der Waals surface area contributed by atoms with Gasteiger partial charge in [0.1, 0.15) is 11.3 Å². The molecule has 0 aromatic carbocycles. The Labute approximate surface area is 103 Å². The molecule has 3 N–H and O–H groups in total. The predicted octanol–water partition coefficient (Wildman–Crippen LogP) is 1.28. The van der Waals surface area contributed by atoms with E-state index in [0.29, 0.717) is 10.2 Å². The summed E-state index contributed by atoms with van der Waals surface area (Å²) in [5.41, 5.74) is 3.78. The fourth-order valence-electron chi connectivity index (χ4n) is 1.02. The Hall–Kier alpha value is -1.78. The number of nitrogen functional groups attached to an aromatic ring is 1. The van der Waals surface area contributed by atoms with Gasteiger partial charge in [-0.3, -0.25) is 10.1 Å². The fourth-order valence-corrected chi connectivity index (χ4v) is 2.50. The maximum atomic E-state index is 10.8. The molecule has 2 heterocycles. The minimum Gasteiger partial charge on any atom is -0.308 e. The van der Waals surface area contributed by atoms with E-state index in [1.165, 1.54) is 23.5 Å². The van der Waals surface area contributed by atoms with E-state index in [1.54, 1.807) is 5.51 Å². The zero-order chi connectivity index (χ0) is 12.3. The highest BCUT2D eigenvalue weighted by Gasteiger charge is 2.18. The minimum absolute atomic E-state index is 0.0933. The number of pyridine rings is 1. The van der Waals surface area contributed by atoms with E-state index >= 15 is 0 Å². The van der Waals surface area contributed by atoms with Crippen molar-refractivity contribution in [1.82, 2.24) is 15.2 Å². The topological polar surface area (TPSA) is 120 Å². The third-order valence-electron chi connectivity index (χ3n) is 1.71. The molecule has 0 aliphatic heterocycles. The van der Waals surface area contributed by atoms with Crippen molar-refractivity contribution in [3.63, 3.8) is 0 Å². The lowest BCUT2D eigenvalue weighted by molar-refractivity contribution is -0.388. The number of rotatable bonds is 4. The van der Waals surface area contributed by atoms with Crippen LogP contribution in [0.2, 0.25) is 0 Å². The van der Waals surface area contributed by atoms with Gasteiger partial charge in [0, 0.05) is 6.07 Å². The first-order valence-electron chi connectivity index (χ1n) is 4.27. The number of aromatic nitrogens is 3. The molecule has 10 heteroatoms. The van der Waals surface area contributed by atoms with Crippen LogP contribution in [0.25, 0.3) is 0 Å². The third-order valence-corrected chi connectivity index (χ3v) is 3.48. The summed E-state index contributed by atoms with van der Waals surface area (Å²) in [6.45, 7) is 0. The van der Waals surface area contributed by atoms with Crippen LogP contribution in [0.15, 0.2) is 27.0 Å². The van der Waals surface area contributed by atoms with Crippen molar-refractivity contribution in [3.8, 4) is 0 Å². The molecule has 0 spiro atoms. The Morgan fingerprint density at radius 2 is 2.35 bits per heavy atom. The first-order valence-corrected chi connectivity index (χ1v) is 5.96. The lowest BCUT2D eigenvalue weighted by atomic mass is 10.4. The monoisotopic (exact) mass is 270 g/mol. The standard InChI is InChI=1S/C7H6N6O2S2/c8-11-5-2-1-4(13(14)15)6(10-5)17-7-12-9-3-16-7/h1-3H,8H2,(H,10,11). The number of anilines is 1. The van der Waals surface area contributed by atoms with Gasteiger partial charge in [-0.2, -0.15) is 0 Å². The minimum atomic E-state index is -0.503. The van der Waals surface area contributed by atoms with Crippen LogP contribution in [-0.4, -0.2) is 20.1 Å². The highest BCUT2D eigenvalue weighted by molar-refractivity contribution is 8.01. The van der Waals surface area contributed by atoms with Crippen molar-refractivity contribution >= 4 is 34.6 Å². The van der Waals surface area contributed by atoms with Gasteiger partial charge in [-0.25, -0.2) is 10.8 Å². The molecule has 2 aromatic rings. The highest BCUT2D eigenvalue weighted by atomic mass is 32.2. The summed E-state index contributed by atoms with van der Waals surface area (Å²) in [5, 5.41) is 18.5. The van der Waals surface area contributed by atoms with Crippen LogP contribution in [0.3, 0.4) is 0 Å². The van der Waals surface area contributed by atoms with Crippen LogP contribution < -0.4 is 11.3 Å². The Bertz CT molecular complexity index is 531. The SMILES string of the molecule is NNc1ccc([N+](=O)[O-])c(Sc2nncs2)n1. The molecule has 0 saturated heterocycles. The van der Waals surface area contributed by atoms with E-state index in [9.17, 15) is 10.1 Å². The van der Waals surface area contributed by atoms with Crippen LogP contribution in [-0.2, 0) is 0 Å². The van der Waals surface area contributed by atoms with Gasteiger partial charge in [-0.1, -0.05) is 11.3 Å². The van der Waals surface area contributed by atoms with E-state index in [4.69, 9.17) is 5.84 Å². The van der Waals surface area contributed by atoms with Gasteiger partial charge < -0.3 is 5.43 Å². The molecule has 0 aliphatic rings. The molecule has 0 fully saturated rings. The van der Waals surface area contributed by atoms with Gasteiger partial charge in [-0.15, -0.1) is 10.2 Å². The lowest BCUT2D eigenvalue weighted by Crippen LogP contribution is -2.09. The van der Waals surface area contributed by atoms with Gasteiger partial charge in [0.25, 0.3) is 0 Å². The molecule has 0 bridgehead atoms. The second kappa shape index (κ2) is 5.03. The molecule has 17 heavy (non-hydrogen) atoms. The number of hydrazine groups is 1. The summed E-state index contributed by atoms with van der Waals surface area (Å²) in [6.07, 6.45) is 0. The number of nitrogens with two attached hydrogens (primary N) is 1. The summed E-state index contributed by atoms with van der Waals surface area (Å²) in [4.78, 5) is 14.3. The van der Waals surface area contributed by atoms with Crippen molar-refractivity contribution in [2.75, 3.05) is 5.43 Å². The molecule has 2 rings (SSSR count). The average Bonchev–Trinajstić information content (AvgIpc) is 2.81. The second-order valence-corrected chi connectivity index (χ2v) is 4.80. The average molecular weight is 270 g/mol. The molecule has 0 saturated carbocycles. The van der Waals surface area contributed by atoms with Crippen LogP contribution in [0.1, 0.15) is 0 Å². The van der Waals surface area contributed by atoms with Crippen molar-refractivity contribution in [2.45, 2.75) is 9.37 Å². The lowest BCUT2D eigenvalue weighted by Gasteiger charge is -2.02. The first-order chi connectivity index (χ1) is 8.20. The van der Waals surface area contributed by atoms with Crippen molar-refractivity contribution < 1.29 is 4.92 Å². The van der Waals surface area contributed by atoms with E-state index in [-0.39, 0.29) is 10.7 Å². The van der Waals surface area contributed by atoms with Crippen molar-refractivity contribution in [2.24, 2.45) is 5.84 Å². The molecular weight excluding hydrogens is 264 g/mol. The fraction of sp³-hybridized carbons (Fsp3) is 0. The first kappa shape index (κ1) is 11.7. The Balaban J connectivity index is 2.38. The van der Waals surface area contributed by atoms with E-state index < -0.39 is 4.92 Å². The molecule has 88 valence electrons. The van der Waals surface area contributed by atoms with Gasteiger partial charge in [0.05, 0.1) is 4.92 Å². The Kier molecular flexibility index (Phi) is 3.46. The predicted molar refractivity (Wildman–Crippen MR) is 62.7 cm³/mol. The Morgan fingerprint density at radius 3 is 2.94 bits per heavy atom. The number of nitro groups is 1. The molecule has 8 nitrogen and oxygen atoms in total.